The molecule has 0 bridgehead atoms. The van der Waals surface area contributed by atoms with Crippen molar-refractivity contribution in [1.82, 2.24) is 4.90 Å². The van der Waals surface area contributed by atoms with Crippen LogP contribution in [0.15, 0.2) is 11.1 Å². The number of amides is 1. The zero-order valence-electron chi connectivity index (χ0n) is 5.81. The summed E-state index contributed by atoms with van der Waals surface area (Å²) in [4.78, 5) is 12.2. The van der Waals surface area contributed by atoms with Crippen LogP contribution in [0.25, 0.3) is 0 Å². The van der Waals surface area contributed by atoms with Crippen LogP contribution in [0.4, 0.5) is 0 Å². The summed E-state index contributed by atoms with van der Waals surface area (Å²) in [5.74, 6) is -0.154. The molecule has 1 amide bonds. The number of carbonyl (C=O) groups excluding carboxylic acids is 1. The quantitative estimate of drug-likeness (QED) is 0.511. The lowest BCUT2D eigenvalue weighted by Crippen LogP contribution is -2.21. The van der Waals surface area contributed by atoms with Gasteiger partial charge >= 0.3 is 0 Å². The van der Waals surface area contributed by atoms with Gasteiger partial charge in [0.1, 0.15) is 5.03 Å². The van der Waals surface area contributed by atoms with E-state index in [2.05, 4.69) is 0 Å². The summed E-state index contributed by atoms with van der Waals surface area (Å²) in [5.41, 5.74) is 0. The lowest BCUT2D eigenvalue weighted by atomic mass is 10.5. The second kappa shape index (κ2) is 3.51. The van der Waals surface area contributed by atoms with Crippen LogP contribution in [-0.4, -0.2) is 24.9 Å². The van der Waals surface area contributed by atoms with Gasteiger partial charge in [0.15, 0.2) is 0 Å². The summed E-state index contributed by atoms with van der Waals surface area (Å²) in [6.45, 7) is 1.73. The van der Waals surface area contributed by atoms with Crippen LogP contribution in [0.5, 0.6) is 0 Å². The van der Waals surface area contributed by atoms with E-state index in [1.165, 1.54) is 4.90 Å². The predicted octanol–water partition coefficient (Wildman–Crippen LogP) is 1.22. The molecule has 3 heteroatoms. The van der Waals surface area contributed by atoms with Crippen LogP contribution < -0.4 is 0 Å². The molecule has 0 fully saturated rings. The van der Waals surface area contributed by atoms with Crippen molar-refractivity contribution in [3.63, 3.8) is 0 Å². The van der Waals surface area contributed by atoms with Gasteiger partial charge in [0.25, 0.3) is 5.91 Å². The van der Waals surface area contributed by atoms with Crippen molar-refractivity contribution in [3.05, 3.63) is 11.1 Å². The fourth-order valence-corrected chi connectivity index (χ4v) is 0.506. The molecule has 0 spiro atoms. The summed E-state index contributed by atoms with van der Waals surface area (Å²) in [5, 5.41) is 0.264. The van der Waals surface area contributed by atoms with Crippen molar-refractivity contribution in [2.24, 2.45) is 0 Å². The molecule has 52 valence electrons. The molecule has 0 unspecified atom stereocenters. The van der Waals surface area contributed by atoms with E-state index in [0.717, 1.165) is 0 Å². The number of carbonyl (C=O) groups is 1. The molecule has 0 aliphatic carbocycles. The molecule has 0 radical (unpaired) electrons. The van der Waals surface area contributed by atoms with Crippen LogP contribution in [0.1, 0.15) is 6.92 Å². The third-order valence-corrected chi connectivity index (χ3v) is 1.24. The molecule has 0 aliphatic rings. The Kier molecular flexibility index (Phi) is 3.32. The second-order valence-electron chi connectivity index (χ2n) is 1.84. The fourth-order valence-electron chi connectivity index (χ4n) is 0.337. The first kappa shape index (κ1) is 8.50. The predicted molar refractivity (Wildman–Crippen MR) is 38.3 cm³/mol. The Morgan fingerprint density at radius 2 is 2.00 bits per heavy atom. The number of nitrogens with zero attached hydrogens (tertiary/aromatic N) is 1. The monoisotopic (exact) mass is 147 g/mol. The molecule has 0 aromatic heterocycles. The number of allylic oxidation sites excluding steroid dienone is 1. The first-order chi connectivity index (χ1) is 4.09. The lowest BCUT2D eigenvalue weighted by molar-refractivity contribution is -0.124. The average Bonchev–Trinajstić information content (AvgIpc) is 1.84. The number of rotatable bonds is 1. The van der Waals surface area contributed by atoms with Crippen molar-refractivity contribution >= 4 is 17.5 Å². The third-order valence-electron chi connectivity index (χ3n) is 0.864. The molecule has 9 heavy (non-hydrogen) atoms. The number of halogens is 1. The molecule has 0 heterocycles. The normalized spacial score (nSPS) is 11.3. The number of likely N-dealkylation sites (N-methyl/N-ethyl adjacent to an activating group) is 1. The maximum atomic E-state index is 10.8. The Hall–Kier alpha value is -0.500. The molecule has 0 saturated heterocycles. The fraction of sp³-hybridized carbons (Fsp3) is 0.500. The smallest absolute Gasteiger partial charge is 0.264 e. The summed E-state index contributed by atoms with van der Waals surface area (Å²) in [6.07, 6.45) is 1.57. The van der Waals surface area contributed by atoms with E-state index in [0.29, 0.717) is 0 Å². The minimum Gasteiger partial charge on any atom is -0.344 e. The molecule has 0 saturated carbocycles. The van der Waals surface area contributed by atoms with Crippen molar-refractivity contribution in [1.29, 1.82) is 0 Å². The van der Waals surface area contributed by atoms with Gasteiger partial charge in [-0.2, -0.15) is 0 Å². The Bertz CT molecular complexity index is 140. The van der Waals surface area contributed by atoms with Gasteiger partial charge in [-0.3, -0.25) is 4.79 Å². The van der Waals surface area contributed by atoms with Gasteiger partial charge in [0, 0.05) is 14.1 Å². The maximum Gasteiger partial charge on any atom is 0.264 e. The molecule has 0 N–H and O–H groups in total. The van der Waals surface area contributed by atoms with Crippen LogP contribution in [0.2, 0.25) is 0 Å². The van der Waals surface area contributed by atoms with E-state index < -0.39 is 0 Å². The summed E-state index contributed by atoms with van der Waals surface area (Å²) in [6, 6.07) is 0. The van der Waals surface area contributed by atoms with Gasteiger partial charge in [-0.05, 0) is 6.92 Å². The van der Waals surface area contributed by atoms with E-state index in [-0.39, 0.29) is 10.9 Å². The largest absolute Gasteiger partial charge is 0.344 e. The summed E-state index contributed by atoms with van der Waals surface area (Å²) in [7, 11) is 3.32. The number of hydrogen-bond acceptors (Lipinski definition) is 1. The van der Waals surface area contributed by atoms with Crippen LogP contribution >= 0.6 is 11.6 Å². The van der Waals surface area contributed by atoms with Crippen LogP contribution in [0, 0.1) is 0 Å². The highest BCUT2D eigenvalue weighted by molar-refractivity contribution is 6.41. The molecular formula is C6H10ClNO. The van der Waals surface area contributed by atoms with Gasteiger partial charge in [-0.15, -0.1) is 0 Å². The number of hydrogen-bond donors (Lipinski definition) is 0. The third kappa shape index (κ3) is 2.51. The molecule has 0 atom stereocenters. The van der Waals surface area contributed by atoms with Crippen molar-refractivity contribution < 1.29 is 4.79 Å². The Labute approximate surface area is 60.1 Å². The second-order valence-corrected chi connectivity index (χ2v) is 2.24. The van der Waals surface area contributed by atoms with Gasteiger partial charge in [0.2, 0.25) is 0 Å². The first-order valence-corrected chi connectivity index (χ1v) is 3.01. The maximum absolute atomic E-state index is 10.8. The minimum atomic E-state index is -0.154. The zero-order valence-corrected chi connectivity index (χ0v) is 6.57. The van der Waals surface area contributed by atoms with Gasteiger partial charge in [-0.1, -0.05) is 17.7 Å². The van der Waals surface area contributed by atoms with Gasteiger partial charge < -0.3 is 4.90 Å². The van der Waals surface area contributed by atoms with Crippen molar-refractivity contribution in [2.45, 2.75) is 6.92 Å². The van der Waals surface area contributed by atoms with E-state index in [1.807, 2.05) is 0 Å². The standard InChI is InChI=1S/C6H10ClNO/c1-4-5(7)6(9)8(2)3/h4H,1-3H3. The van der Waals surface area contributed by atoms with Crippen LogP contribution in [0.3, 0.4) is 0 Å². The van der Waals surface area contributed by atoms with Gasteiger partial charge in [-0.25, -0.2) is 0 Å². The van der Waals surface area contributed by atoms with Gasteiger partial charge in [0.05, 0.1) is 0 Å². The van der Waals surface area contributed by atoms with Crippen LogP contribution in [-0.2, 0) is 4.79 Å². The Balaban J connectivity index is 4.06. The lowest BCUT2D eigenvalue weighted by Gasteiger charge is -2.07. The molecule has 0 aromatic carbocycles. The molecule has 0 aromatic rings. The molecular weight excluding hydrogens is 138 g/mol. The van der Waals surface area contributed by atoms with Crippen molar-refractivity contribution in [3.8, 4) is 0 Å². The highest BCUT2D eigenvalue weighted by Gasteiger charge is 2.05. The SMILES string of the molecule is CC=C(Cl)C(=O)N(C)C. The highest BCUT2D eigenvalue weighted by atomic mass is 35.5. The topological polar surface area (TPSA) is 20.3 Å². The summed E-state index contributed by atoms with van der Waals surface area (Å²) >= 11 is 5.48. The average molecular weight is 148 g/mol. The van der Waals surface area contributed by atoms with Crippen molar-refractivity contribution in [2.75, 3.05) is 14.1 Å². The van der Waals surface area contributed by atoms with E-state index in [1.54, 1.807) is 27.1 Å². The Morgan fingerprint density at radius 1 is 1.56 bits per heavy atom. The molecule has 0 aliphatic heterocycles. The first-order valence-electron chi connectivity index (χ1n) is 2.63. The Morgan fingerprint density at radius 3 is 2.11 bits per heavy atom. The minimum absolute atomic E-state index is 0.154. The van der Waals surface area contributed by atoms with E-state index >= 15 is 0 Å². The van der Waals surface area contributed by atoms with E-state index in [9.17, 15) is 4.79 Å². The summed E-state index contributed by atoms with van der Waals surface area (Å²) < 4.78 is 0. The zero-order chi connectivity index (χ0) is 7.44. The highest BCUT2D eigenvalue weighted by Crippen LogP contribution is 2.02. The molecule has 2 nitrogen and oxygen atoms in total. The molecule has 0 rings (SSSR count). The van der Waals surface area contributed by atoms with E-state index in [4.69, 9.17) is 11.6 Å².